The Morgan fingerprint density at radius 1 is 1.07 bits per heavy atom. The fourth-order valence-electron chi connectivity index (χ4n) is 3.37. The first-order valence-corrected chi connectivity index (χ1v) is 9.04. The van der Waals surface area contributed by atoms with Crippen molar-refractivity contribution in [3.63, 3.8) is 0 Å². The van der Waals surface area contributed by atoms with Crippen LogP contribution in [0.4, 0.5) is 0 Å². The van der Waals surface area contributed by atoms with Crippen LogP contribution in [0.3, 0.4) is 0 Å². The van der Waals surface area contributed by atoms with Crippen LogP contribution in [-0.2, 0) is 6.42 Å². The molecule has 4 rings (SSSR count). The Bertz CT molecular complexity index is 1290. The van der Waals surface area contributed by atoms with Crippen LogP contribution in [0.2, 0.25) is 0 Å². The summed E-state index contributed by atoms with van der Waals surface area (Å²) in [6, 6.07) is 17.7. The third kappa shape index (κ3) is 3.18. The largest absolute Gasteiger partial charge is 0.478 e. The van der Waals surface area contributed by atoms with Gasteiger partial charge in [-0.05, 0) is 36.2 Å². The molecule has 0 aliphatic heterocycles. The number of hydrogen-bond donors (Lipinski definition) is 0. The van der Waals surface area contributed by atoms with Crippen LogP contribution in [0.25, 0.3) is 28.2 Å². The number of hydrogen-bond acceptors (Lipinski definition) is 5. The molecule has 2 aromatic carbocycles. The molecule has 4 aromatic rings. The topological polar surface area (TPSA) is 87.0 Å². The molecule has 0 saturated carbocycles. The van der Waals surface area contributed by atoms with E-state index in [0.717, 1.165) is 27.9 Å². The summed E-state index contributed by atoms with van der Waals surface area (Å²) in [5.41, 5.74) is 6.58. The van der Waals surface area contributed by atoms with Crippen LogP contribution >= 0.6 is 0 Å². The van der Waals surface area contributed by atoms with Crippen molar-refractivity contribution in [1.29, 1.82) is 10.5 Å². The summed E-state index contributed by atoms with van der Waals surface area (Å²) < 4.78 is 7.42. The van der Waals surface area contributed by atoms with Gasteiger partial charge in [0, 0.05) is 23.5 Å². The van der Waals surface area contributed by atoms with Gasteiger partial charge in [-0.3, -0.25) is 4.40 Å². The highest BCUT2D eigenvalue weighted by Crippen LogP contribution is 2.35. The molecular formula is C23H17N5O. The maximum Gasteiger partial charge on any atom is 0.258 e. The fraction of sp³-hybridized carbons (Fsp3) is 0.130. The maximum atomic E-state index is 9.17. The molecule has 0 aliphatic carbocycles. The smallest absolute Gasteiger partial charge is 0.258 e. The number of fused-ring (bicyclic) bond motifs is 1. The zero-order valence-electron chi connectivity index (χ0n) is 16.0. The third-order valence-corrected chi connectivity index (χ3v) is 4.88. The molecule has 0 amide bonds. The van der Waals surface area contributed by atoms with E-state index in [0.29, 0.717) is 29.2 Å². The van der Waals surface area contributed by atoms with Crippen LogP contribution in [-0.4, -0.2) is 21.5 Å². The van der Waals surface area contributed by atoms with Crippen molar-refractivity contribution in [3.8, 4) is 40.5 Å². The van der Waals surface area contributed by atoms with Gasteiger partial charge in [0.2, 0.25) is 5.65 Å². The zero-order valence-corrected chi connectivity index (χ0v) is 16.0. The van der Waals surface area contributed by atoms with Gasteiger partial charge in [0.25, 0.3) is 5.88 Å². The normalized spacial score (nSPS) is 10.5. The molecule has 0 fully saturated rings. The Kier molecular flexibility index (Phi) is 4.68. The molecule has 0 aliphatic rings. The molecular weight excluding hydrogens is 362 g/mol. The zero-order chi connectivity index (χ0) is 20.4. The second-order valence-electron chi connectivity index (χ2n) is 6.60. The van der Waals surface area contributed by atoms with E-state index in [-0.39, 0.29) is 0 Å². The first-order chi connectivity index (χ1) is 14.2. The van der Waals surface area contributed by atoms with Crippen molar-refractivity contribution < 1.29 is 4.74 Å². The summed E-state index contributed by atoms with van der Waals surface area (Å²) in [4.78, 5) is 9.13. The van der Waals surface area contributed by atoms with Crippen LogP contribution in [0, 0.1) is 29.6 Å². The molecule has 2 heterocycles. The van der Waals surface area contributed by atoms with Crippen LogP contribution < -0.4 is 4.74 Å². The van der Waals surface area contributed by atoms with Gasteiger partial charge in [-0.25, -0.2) is 9.97 Å². The van der Waals surface area contributed by atoms with Crippen LogP contribution in [0.5, 0.6) is 5.88 Å². The summed E-state index contributed by atoms with van der Waals surface area (Å²) >= 11 is 0. The summed E-state index contributed by atoms with van der Waals surface area (Å²) in [7, 11) is 1.57. The number of rotatable bonds is 4. The number of methoxy groups -OCH3 is 1. The fourth-order valence-corrected chi connectivity index (χ4v) is 3.37. The number of nitrogens with zero attached hydrogens (tertiary/aromatic N) is 5. The number of aromatic nitrogens is 3. The lowest BCUT2D eigenvalue weighted by Gasteiger charge is -2.15. The van der Waals surface area contributed by atoms with Gasteiger partial charge in [-0.2, -0.15) is 10.5 Å². The molecule has 0 bridgehead atoms. The van der Waals surface area contributed by atoms with E-state index in [1.54, 1.807) is 25.4 Å². The number of aryl methyl sites for hydroxylation is 1. The van der Waals surface area contributed by atoms with Crippen molar-refractivity contribution in [1.82, 2.24) is 14.4 Å². The molecule has 0 spiro atoms. The minimum absolute atomic E-state index is 0.336. The second-order valence-corrected chi connectivity index (χ2v) is 6.60. The van der Waals surface area contributed by atoms with Crippen molar-refractivity contribution in [2.24, 2.45) is 0 Å². The molecule has 29 heavy (non-hydrogen) atoms. The van der Waals surface area contributed by atoms with Gasteiger partial charge >= 0.3 is 0 Å². The van der Waals surface area contributed by atoms with Gasteiger partial charge in [0.1, 0.15) is 0 Å². The van der Waals surface area contributed by atoms with Crippen LogP contribution in [0.1, 0.15) is 16.7 Å². The average Bonchev–Trinajstić information content (AvgIpc) is 3.24. The Labute approximate surface area is 168 Å². The number of benzene rings is 2. The summed E-state index contributed by atoms with van der Waals surface area (Å²) in [6.45, 7) is 2.00. The van der Waals surface area contributed by atoms with Gasteiger partial charge in [0.15, 0.2) is 0 Å². The minimum atomic E-state index is 0.336. The maximum absolute atomic E-state index is 9.17. The number of nitriles is 2. The van der Waals surface area contributed by atoms with Gasteiger partial charge in [0.05, 0.1) is 42.6 Å². The van der Waals surface area contributed by atoms with Crippen molar-refractivity contribution >= 4 is 5.65 Å². The van der Waals surface area contributed by atoms with Crippen LogP contribution in [0.15, 0.2) is 54.9 Å². The molecule has 6 heteroatoms. The van der Waals surface area contributed by atoms with E-state index >= 15 is 0 Å². The van der Waals surface area contributed by atoms with Gasteiger partial charge < -0.3 is 4.74 Å². The SMILES string of the molecule is COc1nc(-c2ccc(C#N)cc2)c(-c2ccc(C)c(CC#N)c2)n2ccnc12. The van der Waals surface area contributed by atoms with Crippen molar-refractivity contribution in [3.05, 3.63) is 71.5 Å². The quantitative estimate of drug-likeness (QED) is 0.527. The number of ether oxygens (including phenoxy) is 1. The average molecular weight is 379 g/mol. The van der Waals surface area contributed by atoms with E-state index in [1.165, 1.54) is 0 Å². The molecule has 0 radical (unpaired) electrons. The van der Waals surface area contributed by atoms with Gasteiger partial charge in [-0.1, -0.05) is 24.3 Å². The summed E-state index contributed by atoms with van der Waals surface area (Å²) in [5.74, 6) is 0.419. The molecule has 0 atom stereocenters. The molecule has 0 N–H and O–H groups in total. The van der Waals surface area contributed by atoms with E-state index < -0.39 is 0 Å². The summed E-state index contributed by atoms with van der Waals surface area (Å²) in [6.07, 6.45) is 3.91. The Morgan fingerprint density at radius 2 is 1.83 bits per heavy atom. The molecule has 2 aromatic heterocycles. The van der Waals surface area contributed by atoms with Gasteiger partial charge in [-0.15, -0.1) is 0 Å². The monoisotopic (exact) mass is 379 g/mol. The molecule has 0 unspecified atom stereocenters. The highest BCUT2D eigenvalue weighted by molar-refractivity contribution is 5.82. The van der Waals surface area contributed by atoms with E-state index in [4.69, 9.17) is 15.0 Å². The first kappa shape index (κ1) is 18.2. The third-order valence-electron chi connectivity index (χ3n) is 4.88. The van der Waals surface area contributed by atoms with E-state index in [1.807, 2.05) is 47.9 Å². The molecule has 140 valence electrons. The lowest BCUT2D eigenvalue weighted by atomic mass is 9.98. The van der Waals surface area contributed by atoms with E-state index in [2.05, 4.69) is 17.1 Å². The predicted molar refractivity (Wildman–Crippen MR) is 109 cm³/mol. The lowest BCUT2D eigenvalue weighted by Crippen LogP contribution is -2.03. The predicted octanol–water partition coefficient (Wildman–Crippen LogP) is 4.32. The van der Waals surface area contributed by atoms with Crippen molar-refractivity contribution in [2.75, 3.05) is 7.11 Å². The standard InChI is InChI=1S/C23H17N5O/c1-15-3-6-19(13-18(15)9-10-24)21-20(17-7-4-16(14-25)5-8-17)27-23(29-2)22-26-11-12-28(21)22/h3-8,11-13H,9H2,1-2H3. The van der Waals surface area contributed by atoms with E-state index in [9.17, 15) is 5.26 Å². The first-order valence-electron chi connectivity index (χ1n) is 9.04. The Balaban J connectivity index is 2.04. The molecule has 0 saturated heterocycles. The highest BCUT2D eigenvalue weighted by atomic mass is 16.5. The lowest BCUT2D eigenvalue weighted by molar-refractivity contribution is 0.401. The summed E-state index contributed by atoms with van der Waals surface area (Å²) in [5, 5.41) is 18.3. The highest BCUT2D eigenvalue weighted by Gasteiger charge is 2.19. The Hall–Kier alpha value is -4.16. The Morgan fingerprint density at radius 3 is 2.52 bits per heavy atom. The van der Waals surface area contributed by atoms with Crippen molar-refractivity contribution in [2.45, 2.75) is 13.3 Å². The molecule has 6 nitrogen and oxygen atoms in total. The minimum Gasteiger partial charge on any atom is -0.478 e. The number of imidazole rings is 1. The second kappa shape index (κ2) is 7.46.